The zero-order valence-corrected chi connectivity index (χ0v) is 13.3. The Hall–Kier alpha value is -1.16. The van der Waals surface area contributed by atoms with Crippen molar-refractivity contribution in [1.82, 2.24) is 5.32 Å². The van der Waals surface area contributed by atoms with Gasteiger partial charge in [0.05, 0.1) is 0 Å². The Bertz CT molecular complexity index is 451. The van der Waals surface area contributed by atoms with Crippen LogP contribution >= 0.6 is 0 Å². The van der Waals surface area contributed by atoms with Gasteiger partial charge in [-0.2, -0.15) is 0 Å². The van der Waals surface area contributed by atoms with Gasteiger partial charge in [-0.05, 0) is 36.5 Å². The van der Waals surface area contributed by atoms with Crippen LogP contribution in [0.5, 0.6) is 0 Å². The number of nitrogens with zero attached hydrogens (tertiary/aromatic N) is 1. The molecule has 0 radical (unpaired) electrons. The van der Waals surface area contributed by atoms with Crippen LogP contribution in [0.15, 0.2) is 12.1 Å². The van der Waals surface area contributed by atoms with Crippen LogP contribution in [-0.4, -0.2) is 19.1 Å². The second kappa shape index (κ2) is 7.21. The fourth-order valence-corrected chi connectivity index (χ4v) is 3.02. The van der Waals surface area contributed by atoms with Crippen molar-refractivity contribution in [3.8, 4) is 0 Å². The predicted octanol–water partition coefficient (Wildman–Crippen LogP) is 4.09. The average molecular weight is 296 g/mol. The second-order valence-electron chi connectivity index (χ2n) is 6.33. The van der Waals surface area contributed by atoms with Crippen molar-refractivity contribution in [2.24, 2.45) is 5.92 Å². The number of halogens is 2. The fraction of sp³-hybridized carbons (Fsp3) is 0.647. The molecule has 118 valence electrons. The molecule has 1 unspecified atom stereocenters. The molecule has 1 saturated heterocycles. The van der Waals surface area contributed by atoms with Crippen LogP contribution in [0.3, 0.4) is 0 Å². The monoisotopic (exact) mass is 296 g/mol. The van der Waals surface area contributed by atoms with Gasteiger partial charge in [0, 0.05) is 25.7 Å². The summed E-state index contributed by atoms with van der Waals surface area (Å²) in [4.78, 5) is 1.87. The molecular formula is C17H26F2N2. The molecule has 1 aliphatic rings. The van der Waals surface area contributed by atoms with E-state index >= 15 is 0 Å². The normalized spacial score (nSPS) is 18.8. The summed E-state index contributed by atoms with van der Waals surface area (Å²) in [5, 5.41) is 3.18. The Kier molecular flexibility index (Phi) is 5.57. The summed E-state index contributed by atoms with van der Waals surface area (Å²) >= 11 is 0. The Morgan fingerprint density at radius 1 is 1.29 bits per heavy atom. The van der Waals surface area contributed by atoms with E-state index in [1.807, 2.05) is 18.7 Å². The van der Waals surface area contributed by atoms with Crippen molar-refractivity contribution in [3.63, 3.8) is 0 Å². The van der Waals surface area contributed by atoms with Gasteiger partial charge in [-0.3, -0.25) is 0 Å². The van der Waals surface area contributed by atoms with E-state index in [0.717, 1.165) is 32.4 Å². The topological polar surface area (TPSA) is 15.3 Å². The van der Waals surface area contributed by atoms with Gasteiger partial charge in [0.1, 0.15) is 17.3 Å². The van der Waals surface area contributed by atoms with Gasteiger partial charge in [0.15, 0.2) is 0 Å². The van der Waals surface area contributed by atoms with Crippen LogP contribution in [0.25, 0.3) is 0 Å². The van der Waals surface area contributed by atoms with E-state index in [9.17, 15) is 8.78 Å². The van der Waals surface area contributed by atoms with Gasteiger partial charge in [0.25, 0.3) is 0 Å². The Morgan fingerprint density at radius 3 is 2.52 bits per heavy atom. The zero-order chi connectivity index (χ0) is 15.4. The average Bonchev–Trinajstić information content (AvgIpc) is 2.84. The lowest BCUT2D eigenvalue weighted by Gasteiger charge is -2.21. The third kappa shape index (κ3) is 4.16. The van der Waals surface area contributed by atoms with E-state index in [1.54, 1.807) is 0 Å². The van der Waals surface area contributed by atoms with E-state index in [0.29, 0.717) is 24.1 Å². The van der Waals surface area contributed by atoms with Gasteiger partial charge in [-0.15, -0.1) is 0 Å². The van der Waals surface area contributed by atoms with Gasteiger partial charge < -0.3 is 10.2 Å². The number of rotatable bonds is 6. The SMILES string of the molecule is CCCC1CCN(c2c(F)cc(CNC(C)C)cc2F)C1. The first-order valence-electron chi connectivity index (χ1n) is 7.97. The van der Waals surface area contributed by atoms with E-state index < -0.39 is 11.6 Å². The number of benzene rings is 1. The molecule has 21 heavy (non-hydrogen) atoms. The lowest BCUT2D eigenvalue weighted by Crippen LogP contribution is -2.24. The lowest BCUT2D eigenvalue weighted by atomic mass is 10.0. The van der Waals surface area contributed by atoms with Crippen molar-refractivity contribution < 1.29 is 8.78 Å². The molecule has 0 bridgehead atoms. The van der Waals surface area contributed by atoms with Crippen molar-refractivity contribution in [2.45, 2.75) is 52.6 Å². The standard InChI is InChI=1S/C17H26F2N2/c1-4-5-13-6-7-21(11-13)17-15(18)8-14(9-16(17)19)10-20-12(2)3/h8-9,12-13,20H,4-7,10-11H2,1-3H3. The number of nitrogens with one attached hydrogen (secondary N) is 1. The smallest absolute Gasteiger partial charge is 0.149 e. The zero-order valence-electron chi connectivity index (χ0n) is 13.3. The van der Waals surface area contributed by atoms with Crippen LogP contribution in [0.2, 0.25) is 0 Å². The van der Waals surface area contributed by atoms with Crippen LogP contribution < -0.4 is 10.2 Å². The first-order chi connectivity index (χ1) is 10.0. The Labute approximate surface area is 126 Å². The van der Waals surface area contributed by atoms with Gasteiger partial charge >= 0.3 is 0 Å². The van der Waals surface area contributed by atoms with Gasteiger partial charge in [-0.1, -0.05) is 27.2 Å². The largest absolute Gasteiger partial charge is 0.367 e. The Morgan fingerprint density at radius 2 is 1.95 bits per heavy atom. The molecule has 0 saturated carbocycles. The molecule has 1 fully saturated rings. The van der Waals surface area contributed by atoms with Crippen LogP contribution in [0.4, 0.5) is 14.5 Å². The lowest BCUT2D eigenvalue weighted by molar-refractivity contribution is 0.525. The highest BCUT2D eigenvalue weighted by Gasteiger charge is 2.26. The first kappa shape index (κ1) is 16.2. The molecule has 0 aliphatic carbocycles. The highest BCUT2D eigenvalue weighted by Crippen LogP contribution is 2.31. The highest BCUT2D eigenvalue weighted by molar-refractivity contribution is 5.51. The molecule has 2 nitrogen and oxygen atoms in total. The number of hydrogen-bond donors (Lipinski definition) is 1. The first-order valence-corrected chi connectivity index (χ1v) is 7.97. The minimum atomic E-state index is -0.437. The molecule has 0 aromatic heterocycles. The molecule has 0 spiro atoms. The molecule has 1 N–H and O–H groups in total. The summed E-state index contributed by atoms with van der Waals surface area (Å²) in [5.41, 5.74) is 0.814. The summed E-state index contributed by atoms with van der Waals surface area (Å²) in [6.45, 7) is 8.19. The van der Waals surface area contributed by atoms with Crippen LogP contribution in [0, 0.1) is 17.6 Å². The second-order valence-corrected chi connectivity index (χ2v) is 6.33. The molecule has 1 aromatic rings. The molecule has 1 atom stereocenters. The minimum Gasteiger partial charge on any atom is -0.367 e. The molecule has 1 aliphatic heterocycles. The van der Waals surface area contributed by atoms with E-state index in [2.05, 4.69) is 12.2 Å². The summed E-state index contributed by atoms with van der Waals surface area (Å²) in [6.07, 6.45) is 3.29. The van der Waals surface area contributed by atoms with Crippen molar-refractivity contribution in [1.29, 1.82) is 0 Å². The molecule has 0 amide bonds. The number of hydrogen-bond acceptors (Lipinski definition) is 2. The molecule has 1 heterocycles. The maximum Gasteiger partial charge on any atom is 0.149 e. The third-order valence-corrected chi connectivity index (χ3v) is 4.09. The maximum absolute atomic E-state index is 14.3. The quantitative estimate of drug-likeness (QED) is 0.850. The van der Waals surface area contributed by atoms with Gasteiger partial charge in [-0.25, -0.2) is 8.78 Å². The van der Waals surface area contributed by atoms with Crippen LogP contribution in [0.1, 0.15) is 45.6 Å². The van der Waals surface area contributed by atoms with Crippen LogP contribution in [-0.2, 0) is 6.54 Å². The summed E-state index contributed by atoms with van der Waals surface area (Å²) in [5.74, 6) is -0.309. The third-order valence-electron chi connectivity index (χ3n) is 4.09. The predicted molar refractivity (Wildman–Crippen MR) is 83.6 cm³/mol. The summed E-state index contributed by atoms with van der Waals surface area (Å²) in [6, 6.07) is 3.21. The molecule has 2 rings (SSSR count). The van der Waals surface area contributed by atoms with Crippen molar-refractivity contribution in [3.05, 3.63) is 29.3 Å². The molecule has 4 heteroatoms. The summed E-state index contributed by atoms with van der Waals surface area (Å²) in [7, 11) is 0. The van der Waals surface area contributed by atoms with E-state index in [4.69, 9.17) is 0 Å². The number of anilines is 1. The fourth-order valence-electron chi connectivity index (χ4n) is 3.02. The summed E-state index contributed by atoms with van der Waals surface area (Å²) < 4.78 is 28.6. The van der Waals surface area contributed by atoms with Gasteiger partial charge in [0.2, 0.25) is 0 Å². The van der Waals surface area contributed by atoms with E-state index in [1.165, 1.54) is 12.1 Å². The minimum absolute atomic E-state index is 0.155. The van der Waals surface area contributed by atoms with E-state index in [-0.39, 0.29) is 5.69 Å². The van der Waals surface area contributed by atoms with Crippen molar-refractivity contribution >= 4 is 5.69 Å². The molecular weight excluding hydrogens is 270 g/mol. The Balaban J connectivity index is 2.10. The highest BCUT2D eigenvalue weighted by atomic mass is 19.1. The maximum atomic E-state index is 14.3. The molecule has 1 aromatic carbocycles. The van der Waals surface area contributed by atoms with Crippen molar-refractivity contribution in [2.75, 3.05) is 18.0 Å².